The molecule has 4 N–H and O–H groups in total. The van der Waals surface area contributed by atoms with Crippen LogP contribution in [0.4, 0.5) is 5.69 Å². The molecule has 0 radical (unpaired) electrons. The number of fused-ring (bicyclic) bond motifs is 1. The third-order valence-electron chi connectivity index (χ3n) is 4.04. The minimum atomic E-state index is -0.603. The number of halogens is 1. The van der Waals surface area contributed by atoms with Crippen LogP contribution in [-0.2, 0) is 0 Å². The topological polar surface area (TPSA) is 98.5 Å². The molecule has 0 spiro atoms. The first-order valence-electron chi connectivity index (χ1n) is 8.71. The molecule has 29 heavy (non-hydrogen) atoms. The summed E-state index contributed by atoms with van der Waals surface area (Å²) in [6.45, 7) is 2.66. The number of thiocarbonyl (C=S) groups is 1. The largest absolute Gasteiger partial charge is 0.496 e. The molecule has 9 heteroatoms. The number of carbonyl (C=O) groups excluding carboxylic acids is 1. The summed E-state index contributed by atoms with van der Waals surface area (Å²) in [6.07, 6.45) is 1.60. The van der Waals surface area contributed by atoms with E-state index < -0.39 is 5.91 Å². The number of hydrogen-bond donors (Lipinski definition) is 3. The molecular formula is C20H19ClN4O3S. The van der Waals surface area contributed by atoms with E-state index in [1.165, 1.54) is 7.11 Å². The van der Waals surface area contributed by atoms with E-state index in [9.17, 15) is 4.79 Å². The summed E-state index contributed by atoms with van der Waals surface area (Å²) < 4.78 is 11.2. The van der Waals surface area contributed by atoms with Gasteiger partial charge in [-0.2, -0.15) is 0 Å². The first kappa shape index (κ1) is 20.6. The second-order valence-electron chi connectivity index (χ2n) is 5.97. The van der Waals surface area contributed by atoms with Gasteiger partial charge in [-0.3, -0.25) is 9.78 Å². The van der Waals surface area contributed by atoms with Crippen LogP contribution in [-0.4, -0.2) is 29.7 Å². The van der Waals surface area contributed by atoms with Gasteiger partial charge >= 0.3 is 0 Å². The Kier molecular flexibility index (Phi) is 6.36. The lowest BCUT2D eigenvalue weighted by Gasteiger charge is -2.14. The summed E-state index contributed by atoms with van der Waals surface area (Å²) in [4.78, 5) is 16.1. The van der Waals surface area contributed by atoms with Crippen LogP contribution in [0, 0.1) is 0 Å². The number of nitrogens with two attached hydrogens (primary N) is 1. The fourth-order valence-corrected chi connectivity index (χ4v) is 3.19. The number of amides is 1. The van der Waals surface area contributed by atoms with Gasteiger partial charge in [0, 0.05) is 30.3 Å². The Morgan fingerprint density at radius 2 is 2.03 bits per heavy atom. The summed E-state index contributed by atoms with van der Waals surface area (Å²) in [7, 11) is 1.47. The summed E-state index contributed by atoms with van der Waals surface area (Å²) in [5.74, 6) is 0.762. The molecule has 0 atom stereocenters. The summed E-state index contributed by atoms with van der Waals surface area (Å²) >= 11 is 11.5. The van der Waals surface area contributed by atoms with Crippen molar-refractivity contribution < 1.29 is 14.3 Å². The maximum Gasteiger partial charge on any atom is 0.252 e. The van der Waals surface area contributed by atoms with Crippen molar-refractivity contribution in [2.75, 3.05) is 19.0 Å². The molecule has 3 aromatic rings. The molecule has 0 fully saturated rings. The summed E-state index contributed by atoms with van der Waals surface area (Å²) in [5.41, 5.74) is 6.96. The monoisotopic (exact) mass is 430 g/mol. The third kappa shape index (κ3) is 4.67. The zero-order valence-corrected chi connectivity index (χ0v) is 17.4. The highest BCUT2D eigenvalue weighted by atomic mass is 35.5. The molecule has 0 saturated carbocycles. The van der Waals surface area contributed by atoms with Gasteiger partial charge in [-0.1, -0.05) is 11.6 Å². The van der Waals surface area contributed by atoms with E-state index in [2.05, 4.69) is 15.6 Å². The predicted octanol–water partition coefficient (Wildman–Crippen LogP) is 4.09. The van der Waals surface area contributed by atoms with Crippen molar-refractivity contribution in [1.82, 2.24) is 10.3 Å². The van der Waals surface area contributed by atoms with E-state index in [0.717, 1.165) is 0 Å². The quantitative estimate of drug-likeness (QED) is 0.506. The molecule has 1 amide bonds. The standard InChI is InChI=1S/C20H19ClN4O3S/c1-3-23-20(29)25-15-5-4-11(8-14(15)21)28-17-6-7-24-16-10-18(27-2)13(19(22)26)9-12(16)17/h4-10H,3H2,1-2H3,(H2,22,26)(H2,23,25,29). The Morgan fingerprint density at radius 3 is 2.69 bits per heavy atom. The lowest BCUT2D eigenvalue weighted by molar-refractivity contribution is 0.0997. The minimum absolute atomic E-state index is 0.243. The molecule has 0 aliphatic carbocycles. The van der Waals surface area contributed by atoms with Gasteiger partial charge in [-0.15, -0.1) is 0 Å². The highest BCUT2D eigenvalue weighted by molar-refractivity contribution is 7.80. The number of pyridine rings is 1. The molecule has 0 aliphatic rings. The number of primary amides is 1. The number of nitrogens with zero attached hydrogens (tertiary/aromatic N) is 1. The van der Waals surface area contributed by atoms with Crippen molar-refractivity contribution >= 4 is 51.4 Å². The number of ether oxygens (including phenoxy) is 2. The number of carbonyl (C=O) groups is 1. The van der Waals surface area contributed by atoms with Crippen molar-refractivity contribution in [2.24, 2.45) is 5.73 Å². The second-order valence-corrected chi connectivity index (χ2v) is 6.79. The van der Waals surface area contributed by atoms with Gasteiger partial charge in [0.1, 0.15) is 17.2 Å². The Labute approximate surface area is 178 Å². The zero-order chi connectivity index (χ0) is 21.0. The van der Waals surface area contributed by atoms with E-state index >= 15 is 0 Å². The van der Waals surface area contributed by atoms with Gasteiger partial charge in [-0.25, -0.2) is 0 Å². The number of hydrogen-bond acceptors (Lipinski definition) is 5. The molecule has 7 nitrogen and oxygen atoms in total. The lowest BCUT2D eigenvalue weighted by Crippen LogP contribution is -2.27. The van der Waals surface area contributed by atoms with Crippen LogP contribution in [0.25, 0.3) is 10.9 Å². The predicted molar refractivity (Wildman–Crippen MR) is 118 cm³/mol. The maximum absolute atomic E-state index is 11.8. The van der Waals surface area contributed by atoms with Crippen molar-refractivity contribution in [2.45, 2.75) is 6.92 Å². The fourth-order valence-electron chi connectivity index (χ4n) is 2.71. The molecule has 0 saturated heterocycles. The van der Waals surface area contributed by atoms with Gasteiger partial charge in [0.2, 0.25) is 0 Å². The molecule has 0 unspecified atom stereocenters. The van der Waals surface area contributed by atoms with E-state index in [-0.39, 0.29) is 5.56 Å². The number of rotatable bonds is 6. The van der Waals surface area contributed by atoms with Gasteiger partial charge in [0.05, 0.1) is 28.9 Å². The first-order chi connectivity index (χ1) is 13.9. The molecule has 150 valence electrons. The van der Waals surface area contributed by atoms with Crippen molar-refractivity contribution in [3.05, 3.63) is 53.2 Å². The third-order valence-corrected chi connectivity index (χ3v) is 4.60. The van der Waals surface area contributed by atoms with Crippen LogP contribution < -0.4 is 25.8 Å². The van der Waals surface area contributed by atoms with Crippen LogP contribution in [0.15, 0.2) is 42.6 Å². The normalized spacial score (nSPS) is 10.4. The fraction of sp³-hybridized carbons (Fsp3) is 0.150. The average Bonchev–Trinajstić information content (AvgIpc) is 2.69. The van der Waals surface area contributed by atoms with Crippen LogP contribution in [0.5, 0.6) is 17.2 Å². The van der Waals surface area contributed by atoms with Crippen LogP contribution in [0.2, 0.25) is 5.02 Å². The molecule has 1 heterocycles. The smallest absolute Gasteiger partial charge is 0.252 e. The van der Waals surface area contributed by atoms with E-state index in [1.54, 1.807) is 42.6 Å². The highest BCUT2D eigenvalue weighted by Crippen LogP contribution is 2.35. The Hall–Kier alpha value is -3.10. The van der Waals surface area contributed by atoms with Gasteiger partial charge in [0.15, 0.2) is 5.11 Å². The molecule has 2 aromatic carbocycles. The molecular weight excluding hydrogens is 412 g/mol. The van der Waals surface area contributed by atoms with Gasteiger partial charge < -0.3 is 25.8 Å². The summed E-state index contributed by atoms with van der Waals surface area (Å²) in [5, 5.41) is 7.56. The minimum Gasteiger partial charge on any atom is -0.496 e. The van der Waals surface area contributed by atoms with Gasteiger partial charge in [0.25, 0.3) is 5.91 Å². The first-order valence-corrected chi connectivity index (χ1v) is 9.50. The van der Waals surface area contributed by atoms with Crippen LogP contribution >= 0.6 is 23.8 Å². The number of benzene rings is 2. The van der Waals surface area contributed by atoms with E-state index in [0.29, 0.717) is 50.5 Å². The molecule has 0 aliphatic heterocycles. The number of methoxy groups -OCH3 is 1. The van der Waals surface area contributed by atoms with E-state index in [4.69, 9.17) is 39.0 Å². The van der Waals surface area contributed by atoms with Gasteiger partial charge in [-0.05, 0) is 43.4 Å². The second kappa shape index (κ2) is 8.93. The summed E-state index contributed by atoms with van der Waals surface area (Å²) in [6, 6.07) is 10.1. The number of nitrogens with one attached hydrogen (secondary N) is 2. The SMILES string of the molecule is CCNC(=S)Nc1ccc(Oc2ccnc3cc(OC)c(C(N)=O)cc23)cc1Cl. The van der Waals surface area contributed by atoms with Crippen molar-refractivity contribution in [1.29, 1.82) is 0 Å². The van der Waals surface area contributed by atoms with E-state index in [1.807, 2.05) is 6.92 Å². The highest BCUT2D eigenvalue weighted by Gasteiger charge is 2.15. The lowest BCUT2D eigenvalue weighted by atomic mass is 10.1. The molecule has 1 aromatic heterocycles. The number of anilines is 1. The Morgan fingerprint density at radius 1 is 1.24 bits per heavy atom. The molecule has 0 bridgehead atoms. The van der Waals surface area contributed by atoms with Crippen LogP contribution in [0.3, 0.4) is 0 Å². The molecule has 3 rings (SSSR count). The van der Waals surface area contributed by atoms with Crippen LogP contribution in [0.1, 0.15) is 17.3 Å². The Balaban J connectivity index is 1.94. The van der Waals surface area contributed by atoms with Crippen molar-refractivity contribution in [3.63, 3.8) is 0 Å². The number of aromatic nitrogens is 1. The zero-order valence-electron chi connectivity index (χ0n) is 15.8. The van der Waals surface area contributed by atoms with Crippen molar-refractivity contribution in [3.8, 4) is 17.2 Å². The Bertz CT molecular complexity index is 1090. The average molecular weight is 431 g/mol. The maximum atomic E-state index is 11.8.